The van der Waals surface area contributed by atoms with Gasteiger partial charge in [-0.2, -0.15) is 4.31 Å². The maximum Gasteiger partial charge on any atom is 0.244 e. The SMILES string of the molecule is CNCC1CCCN(S(=O)(=O)c2cccc(Cl)c2Br)C1.Cl. The molecule has 0 saturated carbocycles. The van der Waals surface area contributed by atoms with E-state index in [2.05, 4.69) is 21.2 Å². The molecule has 4 nitrogen and oxygen atoms in total. The minimum atomic E-state index is -3.49. The van der Waals surface area contributed by atoms with Gasteiger partial charge in [0.2, 0.25) is 10.0 Å². The van der Waals surface area contributed by atoms with Crippen molar-refractivity contribution >= 4 is 50.0 Å². The monoisotopic (exact) mass is 416 g/mol. The van der Waals surface area contributed by atoms with Crippen LogP contribution in [0.15, 0.2) is 27.6 Å². The Labute approximate surface area is 145 Å². The second kappa shape index (κ2) is 8.13. The number of piperidine rings is 1. The molecule has 1 fully saturated rings. The Morgan fingerprint density at radius 1 is 1.48 bits per heavy atom. The zero-order valence-electron chi connectivity index (χ0n) is 11.7. The van der Waals surface area contributed by atoms with Gasteiger partial charge in [-0.3, -0.25) is 0 Å². The Morgan fingerprint density at radius 3 is 2.86 bits per heavy atom. The summed E-state index contributed by atoms with van der Waals surface area (Å²) in [7, 11) is -1.60. The molecule has 1 N–H and O–H groups in total. The van der Waals surface area contributed by atoms with Crippen molar-refractivity contribution in [3.8, 4) is 0 Å². The van der Waals surface area contributed by atoms with Gasteiger partial charge in [0.15, 0.2) is 0 Å². The van der Waals surface area contributed by atoms with Gasteiger partial charge in [-0.05, 0) is 60.4 Å². The highest BCUT2D eigenvalue weighted by molar-refractivity contribution is 9.10. The third kappa shape index (κ3) is 4.33. The van der Waals surface area contributed by atoms with Crippen molar-refractivity contribution in [3.63, 3.8) is 0 Å². The number of nitrogens with one attached hydrogen (secondary N) is 1. The summed E-state index contributed by atoms with van der Waals surface area (Å²) in [6.07, 6.45) is 1.95. The van der Waals surface area contributed by atoms with E-state index < -0.39 is 10.0 Å². The fraction of sp³-hybridized carbons (Fsp3) is 0.538. The second-order valence-electron chi connectivity index (χ2n) is 4.98. The summed E-state index contributed by atoms with van der Waals surface area (Å²) in [5.41, 5.74) is 0. The Bertz CT molecular complexity index is 582. The van der Waals surface area contributed by atoms with Crippen molar-refractivity contribution in [3.05, 3.63) is 27.7 Å². The van der Waals surface area contributed by atoms with Gasteiger partial charge >= 0.3 is 0 Å². The largest absolute Gasteiger partial charge is 0.319 e. The summed E-state index contributed by atoms with van der Waals surface area (Å²) in [5, 5.41) is 3.53. The van der Waals surface area contributed by atoms with Gasteiger partial charge in [0, 0.05) is 13.1 Å². The van der Waals surface area contributed by atoms with Crippen LogP contribution < -0.4 is 5.32 Å². The highest BCUT2D eigenvalue weighted by atomic mass is 79.9. The third-order valence-corrected chi connectivity index (χ3v) is 7.08. The van der Waals surface area contributed by atoms with Crippen LogP contribution in [0, 0.1) is 5.92 Å². The number of halogens is 3. The molecule has 0 bridgehead atoms. The molecule has 1 aliphatic rings. The van der Waals surface area contributed by atoms with Gasteiger partial charge in [-0.25, -0.2) is 8.42 Å². The first kappa shape index (κ1) is 19.2. The minimum Gasteiger partial charge on any atom is -0.319 e. The van der Waals surface area contributed by atoms with E-state index >= 15 is 0 Å². The van der Waals surface area contributed by atoms with Crippen molar-refractivity contribution in [2.45, 2.75) is 17.7 Å². The standard InChI is InChI=1S/C13H18BrClN2O2S.ClH/c1-16-8-10-4-3-7-17(9-10)20(18,19)12-6-2-5-11(15)13(12)14;/h2,5-6,10,16H,3-4,7-9H2,1H3;1H. The van der Waals surface area contributed by atoms with E-state index in [0.29, 0.717) is 28.5 Å². The van der Waals surface area contributed by atoms with Crippen molar-refractivity contribution in [1.29, 1.82) is 0 Å². The van der Waals surface area contributed by atoms with E-state index in [1.165, 1.54) is 0 Å². The van der Waals surface area contributed by atoms with Crippen LogP contribution in [0.3, 0.4) is 0 Å². The molecule has 1 unspecified atom stereocenters. The molecule has 0 amide bonds. The maximum absolute atomic E-state index is 12.7. The topological polar surface area (TPSA) is 49.4 Å². The molecule has 0 spiro atoms. The zero-order valence-corrected chi connectivity index (χ0v) is 15.7. The molecule has 1 aromatic rings. The number of nitrogens with zero attached hydrogens (tertiary/aromatic N) is 1. The van der Waals surface area contributed by atoms with E-state index in [1.54, 1.807) is 22.5 Å². The minimum absolute atomic E-state index is 0. The van der Waals surface area contributed by atoms with Crippen molar-refractivity contribution in [2.24, 2.45) is 5.92 Å². The average Bonchev–Trinajstić information content (AvgIpc) is 2.42. The summed E-state index contributed by atoms with van der Waals surface area (Å²) in [5.74, 6) is 0.362. The van der Waals surface area contributed by atoms with Crippen LogP contribution in [0.25, 0.3) is 0 Å². The number of sulfonamides is 1. The van der Waals surface area contributed by atoms with E-state index in [-0.39, 0.29) is 17.3 Å². The van der Waals surface area contributed by atoms with E-state index in [1.807, 2.05) is 7.05 Å². The first-order valence-corrected chi connectivity index (χ1v) is 9.16. The summed E-state index contributed by atoms with van der Waals surface area (Å²) >= 11 is 9.28. The summed E-state index contributed by atoms with van der Waals surface area (Å²) < 4.78 is 27.5. The van der Waals surface area contributed by atoms with Crippen LogP contribution in [0.1, 0.15) is 12.8 Å². The maximum atomic E-state index is 12.7. The fourth-order valence-electron chi connectivity index (χ4n) is 2.52. The first-order valence-electron chi connectivity index (χ1n) is 6.55. The normalized spacial score (nSPS) is 20.0. The number of rotatable bonds is 4. The van der Waals surface area contributed by atoms with Crippen molar-refractivity contribution < 1.29 is 8.42 Å². The lowest BCUT2D eigenvalue weighted by molar-refractivity contribution is 0.263. The summed E-state index contributed by atoms with van der Waals surface area (Å²) in [6, 6.07) is 4.92. The van der Waals surface area contributed by atoms with Gasteiger partial charge in [0.25, 0.3) is 0 Å². The number of hydrogen-bond donors (Lipinski definition) is 1. The average molecular weight is 418 g/mol. The summed E-state index contributed by atoms with van der Waals surface area (Å²) in [6.45, 7) is 1.96. The highest BCUT2D eigenvalue weighted by Gasteiger charge is 2.31. The molecule has 0 aromatic heterocycles. The highest BCUT2D eigenvalue weighted by Crippen LogP contribution is 2.32. The van der Waals surface area contributed by atoms with Crippen LogP contribution in [-0.4, -0.2) is 39.4 Å². The van der Waals surface area contributed by atoms with Crippen LogP contribution >= 0.6 is 39.9 Å². The predicted molar refractivity (Wildman–Crippen MR) is 91.8 cm³/mol. The first-order chi connectivity index (χ1) is 9.46. The van der Waals surface area contributed by atoms with E-state index in [0.717, 1.165) is 19.4 Å². The molecule has 8 heteroatoms. The van der Waals surface area contributed by atoms with Gasteiger partial charge in [-0.15, -0.1) is 12.4 Å². The lowest BCUT2D eigenvalue weighted by Gasteiger charge is -2.32. The quantitative estimate of drug-likeness (QED) is 0.818. The summed E-state index contributed by atoms with van der Waals surface area (Å²) in [4.78, 5) is 0.245. The lowest BCUT2D eigenvalue weighted by atomic mass is 10.00. The molecular weight excluding hydrogens is 399 g/mol. The molecule has 1 heterocycles. The Kier molecular flexibility index (Phi) is 7.43. The molecule has 21 heavy (non-hydrogen) atoms. The number of hydrogen-bond acceptors (Lipinski definition) is 3. The molecule has 1 aliphatic heterocycles. The molecule has 2 rings (SSSR count). The smallest absolute Gasteiger partial charge is 0.244 e. The zero-order chi connectivity index (χ0) is 14.8. The third-order valence-electron chi connectivity index (χ3n) is 3.51. The molecular formula is C13H19BrCl2N2O2S. The van der Waals surface area contributed by atoms with Crippen molar-refractivity contribution in [2.75, 3.05) is 26.7 Å². The molecule has 1 atom stereocenters. The molecule has 0 radical (unpaired) electrons. The van der Waals surface area contributed by atoms with Crippen LogP contribution in [0.5, 0.6) is 0 Å². The predicted octanol–water partition coefficient (Wildman–Crippen LogP) is 3.14. The fourth-order valence-corrected chi connectivity index (χ4v) is 5.27. The second-order valence-corrected chi connectivity index (χ2v) is 8.09. The van der Waals surface area contributed by atoms with Crippen LogP contribution in [0.2, 0.25) is 5.02 Å². The van der Waals surface area contributed by atoms with Gasteiger partial charge in [0.05, 0.1) is 14.4 Å². The molecule has 120 valence electrons. The number of benzene rings is 1. The van der Waals surface area contributed by atoms with Gasteiger partial charge in [0.1, 0.15) is 0 Å². The van der Waals surface area contributed by atoms with Gasteiger partial charge in [-0.1, -0.05) is 17.7 Å². The lowest BCUT2D eigenvalue weighted by Crippen LogP contribution is -2.42. The van der Waals surface area contributed by atoms with E-state index in [9.17, 15) is 8.42 Å². The molecule has 1 saturated heterocycles. The Hall–Kier alpha value is 0.150. The van der Waals surface area contributed by atoms with E-state index in [4.69, 9.17) is 11.6 Å². The molecule has 0 aliphatic carbocycles. The van der Waals surface area contributed by atoms with Crippen LogP contribution in [0.4, 0.5) is 0 Å². The van der Waals surface area contributed by atoms with Crippen LogP contribution in [-0.2, 0) is 10.0 Å². The Morgan fingerprint density at radius 2 is 2.19 bits per heavy atom. The van der Waals surface area contributed by atoms with Crippen molar-refractivity contribution in [1.82, 2.24) is 9.62 Å². The molecule has 1 aromatic carbocycles. The Balaban J connectivity index is 0.00000220. The van der Waals surface area contributed by atoms with Gasteiger partial charge < -0.3 is 5.32 Å².